The number of rotatable bonds is 4. The zero-order chi connectivity index (χ0) is 12.1. The van der Waals surface area contributed by atoms with Gasteiger partial charge in [0, 0.05) is 18.0 Å². The van der Waals surface area contributed by atoms with Gasteiger partial charge in [-0.05, 0) is 42.0 Å². The predicted octanol–water partition coefficient (Wildman–Crippen LogP) is 2.37. The molecule has 2 aromatic rings. The van der Waals surface area contributed by atoms with Gasteiger partial charge in [0.25, 0.3) is 0 Å². The zero-order valence-corrected chi connectivity index (χ0v) is 10.5. The number of halogens is 1. The van der Waals surface area contributed by atoms with E-state index in [1.165, 1.54) is 0 Å². The Kier molecular flexibility index (Phi) is 5.14. The third-order valence-electron chi connectivity index (χ3n) is 2.32. The van der Waals surface area contributed by atoms with Crippen molar-refractivity contribution in [1.82, 2.24) is 4.98 Å². The Morgan fingerprint density at radius 3 is 2.28 bits per heavy atom. The minimum atomic E-state index is 0. The summed E-state index contributed by atoms with van der Waals surface area (Å²) in [6, 6.07) is 11.0. The van der Waals surface area contributed by atoms with Crippen LogP contribution < -0.4 is 10.5 Å². The van der Waals surface area contributed by atoms with Gasteiger partial charge in [-0.15, -0.1) is 12.4 Å². The molecule has 0 saturated heterocycles. The summed E-state index contributed by atoms with van der Waals surface area (Å²) in [5, 5.41) is 7.27. The first-order valence-electron chi connectivity index (χ1n) is 5.22. The highest BCUT2D eigenvalue weighted by Gasteiger charge is 1.98. The van der Waals surface area contributed by atoms with Gasteiger partial charge in [-0.3, -0.25) is 10.4 Å². The maximum atomic E-state index is 7.27. The first kappa shape index (κ1) is 14.0. The maximum absolute atomic E-state index is 7.27. The average Bonchev–Trinajstić information content (AvgIpc) is 2.38. The summed E-state index contributed by atoms with van der Waals surface area (Å²) >= 11 is 0. The van der Waals surface area contributed by atoms with Gasteiger partial charge in [0.05, 0.1) is 0 Å². The van der Waals surface area contributed by atoms with Gasteiger partial charge in [-0.2, -0.15) is 0 Å². The molecule has 2 rings (SSSR count). The van der Waals surface area contributed by atoms with Crippen molar-refractivity contribution in [3.63, 3.8) is 0 Å². The predicted molar refractivity (Wildman–Crippen MR) is 73.3 cm³/mol. The minimum absolute atomic E-state index is 0. The summed E-state index contributed by atoms with van der Waals surface area (Å²) in [4.78, 5) is 3.94. The minimum Gasteiger partial charge on any atom is -0.489 e. The van der Waals surface area contributed by atoms with Gasteiger partial charge in [-0.25, -0.2) is 0 Å². The van der Waals surface area contributed by atoms with E-state index < -0.39 is 0 Å². The second-order valence-corrected chi connectivity index (χ2v) is 3.58. The third kappa shape index (κ3) is 3.75. The Morgan fingerprint density at radius 1 is 1.11 bits per heavy atom. The molecule has 0 aliphatic rings. The van der Waals surface area contributed by atoms with Crippen LogP contribution in [0.1, 0.15) is 11.1 Å². The fraction of sp³-hybridized carbons (Fsp3) is 0.0769. The summed E-state index contributed by atoms with van der Waals surface area (Å²) in [5.41, 5.74) is 7.13. The van der Waals surface area contributed by atoms with E-state index in [0.29, 0.717) is 12.2 Å². The van der Waals surface area contributed by atoms with E-state index in [0.717, 1.165) is 11.3 Å². The molecule has 0 atom stereocenters. The molecule has 3 N–H and O–H groups in total. The van der Waals surface area contributed by atoms with Crippen LogP contribution in [0.15, 0.2) is 48.8 Å². The lowest BCUT2D eigenvalue weighted by atomic mass is 10.2. The van der Waals surface area contributed by atoms with Crippen molar-refractivity contribution < 1.29 is 4.74 Å². The molecule has 0 spiro atoms. The summed E-state index contributed by atoms with van der Waals surface area (Å²) in [6.45, 7) is 0.502. The molecule has 4 nitrogen and oxygen atoms in total. The number of hydrogen-bond acceptors (Lipinski definition) is 3. The second kappa shape index (κ2) is 6.61. The molecule has 1 aromatic carbocycles. The van der Waals surface area contributed by atoms with Gasteiger partial charge in [0.2, 0.25) is 0 Å². The number of nitrogens with zero attached hydrogens (tertiary/aromatic N) is 1. The molecule has 0 amide bonds. The molecule has 1 aromatic heterocycles. The quantitative estimate of drug-likeness (QED) is 0.657. The molecule has 0 fully saturated rings. The Balaban J connectivity index is 0.00000162. The molecule has 0 aliphatic carbocycles. The topological polar surface area (TPSA) is 72.0 Å². The maximum Gasteiger partial charge on any atom is 0.122 e. The van der Waals surface area contributed by atoms with E-state index in [1.807, 2.05) is 12.1 Å². The van der Waals surface area contributed by atoms with Crippen molar-refractivity contribution >= 4 is 18.2 Å². The van der Waals surface area contributed by atoms with Gasteiger partial charge in [0.1, 0.15) is 18.2 Å². The van der Waals surface area contributed by atoms with Crippen molar-refractivity contribution in [3.05, 3.63) is 59.9 Å². The number of nitrogens with two attached hydrogens (primary N) is 1. The lowest BCUT2D eigenvalue weighted by molar-refractivity contribution is 0.306. The monoisotopic (exact) mass is 263 g/mol. The van der Waals surface area contributed by atoms with Crippen LogP contribution >= 0.6 is 12.4 Å². The normalized spacial score (nSPS) is 9.33. The van der Waals surface area contributed by atoms with Gasteiger partial charge in [-0.1, -0.05) is 0 Å². The summed E-state index contributed by atoms with van der Waals surface area (Å²) < 4.78 is 5.59. The Morgan fingerprint density at radius 2 is 1.72 bits per heavy atom. The van der Waals surface area contributed by atoms with Crippen LogP contribution in [-0.2, 0) is 6.61 Å². The largest absolute Gasteiger partial charge is 0.489 e. The van der Waals surface area contributed by atoms with Crippen molar-refractivity contribution in [3.8, 4) is 5.75 Å². The van der Waals surface area contributed by atoms with Crippen LogP contribution in [0.3, 0.4) is 0 Å². The molecule has 0 aliphatic heterocycles. The smallest absolute Gasteiger partial charge is 0.122 e. The van der Waals surface area contributed by atoms with E-state index in [1.54, 1.807) is 36.7 Å². The molecule has 94 valence electrons. The third-order valence-corrected chi connectivity index (χ3v) is 2.32. The SMILES string of the molecule is Cl.N=C(N)c1ccc(OCc2ccncc2)cc1. The Labute approximate surface area is 112 Å². The lowest BCUT2D eigenvalue weighted by Crippen LogP contribution is -2.10. The molecule has 18 heavy (non-hydrogen) atoms. The first-order valence-corrected chi connectivity index (χ1v) is 5.22. The van der Waals surface area contributed by atoms with Crippen LogP contribution in [0.4, 0.5) is 0 Å². The fourth-order valence-corrected chi connectivity index (χ4v) is 1.38. The van der Waals surface area contributed by atoms with Crippen LogP contribution in [-0.4, -0.2) is 10.8 Å². The highest BCUT2D eigenvalue weighted by molar-refractivity contribution is 5.94. The number of pyridine rings is 1. The fourth-order valence-electron chi connectivity index (χ4n) is 1.38. The van der Waals surface area contributed by atoms with Crippen LogP contribution in [0.5, 0.6) is 5.75 Å². The number of nitrogen functional groups attached to an aromatic ring is 1. The molecule has 0 unspecified atom stereocenters. The number of hydrogen-bond donors (Lipinski definition) is 2. The van der Waals surface area contributed by atoms with Crippen molar-refractivity contribution in [2.24, 2.45) is 5.73 Å². The zero-order valence-electron chi connectivity index (χ0n) is 9.67. The number of aromatic nitrogens is 1. The number of benzene rings is 1. The van der Waals surface area contributed by atoms with Gasteiger partial charge >= 0.3 is 0 Å². The van der Waals surface area contributed by atoms with Crippen molar-refractivity contribution in [2.45, 2.75) is 6.61 Å². The summed E-state index contributed by atoms with van der Waals surface area (Å²) in [7, 11) is 0. The van der Waals surface area contributed by atoms with Crippen LogP contribution in [0.2, 0.25) is 0 Å². The average molecular weight is 264 g/mol. The molecule has 0 bridgehead atoms. The van der Waals surface area contributed by atoms with Crippen molar-refractivity contribution in [2.75, 3.05) is 0 Å². The van der Waals surface area contributed by atoms with E-state index in [9.17, 15) is 0 Å². The number of amidine groups is 1. The van der Waals surface area contributed by atoms with Gasteiger partial charge in [0.15, 0.2) is 0 Å². The number of nitrogens with one attached hydrogen (secondary N) is 1. The molecule has 5 heteroatoms. The van der Waals surface area contributed by atoms with Gasteiger partial charge < -0.3 is 10.5 Å². The van der Waals surface area contributed by atoms with E-state index in [2.05, 4.69) is 4.98 Å². The lowest BCUT2D eigenvalue weighted by Gasteiger charge is -2.06. The molecular formula is C13H14ClN3O. The number of ether oxygens (including phenoxy) is 1. The molecule has 0 saturated carbocycles. The summed E-state index contributed by atoms with van der Waals surface area (Å²) in [5.74, 6) is 0.817. The highest BCUT2D eigenvalue weighted by atomic mass is 35.5. The van der Waals surface area contributed by atoms with Crippen LogP contribution in [0, 0.1) is 5.41 Å². The highest BCUT2D eigenvalue weighted by Crippen LogP contribution is 2.13. The van der Waals surface area contributed by atoms with E-state index >= 15 is 0 Å². The second-order valence-electron chi connectivity index (χ2n) is 3.58. The standard InChI is InChI=1S/C13H13N3O.ClH/c14-13(15)11-1-3-12(4-2-11)17-9-10-5-7-16-8-6-10;/h1-8H,9H2,(H3,14,15);1H. The summed E-state index contributed by atoms with van der Waals surface area (Å²) in [6.07, 6.45) is 3.47. The van der Waals surface area contributed by atoms with Crippen molar-refractivity contribution in [1.29, 1.82) is 5.41 Å². The molecular weight excluding hydrogens is 250 g/mol. The Hall–Kier alpha value is -2.07. The van der Waals surface area contributed by atoms with Crippen LogP contribution in [0.25, 0.3) is 0 Å². The van der Waals surface area contributed by atoms with E-state index in [-0.39, 0.29) is 18.2 Å². The first-order chi connectivity index (χ1) is 8.25. The Bertz CT molecular complexity index is 499. The van der Waals surface area contributed by atoms with E-state index in [4.69, 9.17) is 15.9 Å². The molecule has 0 radical (unpaired) electrons. The molecule has 1 heterocycles.